The zero-order valence-corrected chi connectivity index (χ0v) is 13.0. The third-order valence-electron chi connectivity index (χ3n) is 3.94. The van der Waals surface area contributed by atoms with E-state index in [2.05, 4.69) is 38.4 Å². The van der Waals surface area contributed by atoms with E-state index in [1.54, 1.807) is 11.3 Å². The van der Waals surface area contributed by atoms with Crippen LogP contribution in [0.1, 0.15) is 70.5 Å². The Morgan fingerprint density at radius 1 is 1.28 bits per heavy atom. The van der Waals surface area contributed by atoms with Crippen molar-refractivity contribution < 1.29 is 0 Å². The van der Waals surface area contributed by atoms with Crippen LogP contribution in [0.4, 0.5) is 0 Å². The highest BCUT2D eigenvalue weighted by Crippen LogP contribution is 2.29. The first-order chi connectivity index (χ1) is 8.39. The molecule has 0 spiro atoms. The first-order valence-corrected chi connectivity index (χ1v) is 7.97. The van der Waals surface area contributed by atoms with Crippen molar-refractivity contribution in [3.8, 4) is 0 Å². The van der Waals surface area contributed by atoms with E-state index in [9.17, 15) is 0 Å². The van der Waals surface area contributed by atoms with Crippen molar-refractivity contribution in [1.82, 2.24) is 10.3 Å². The van der Waals surface area contributed by atoms with Crippen molar-refractivity contribution in [3.63, 3.8) is 0 Å². The summed E-state index contributed by atoms with van der Waals surface area (Å²) in [5.74, 6) is 0. The molecular formula is C15H26N2S. The van der Waals surface area contributed by atoms with Crippen molar-refractivity contribution in [1.29, 1.82) is 0 Å². The van der Waals surface area contributed by atoms with E-state index in [4.69, 9.17) is 4.98 Å². The summed E-state index contributed by atoms with van der Waals surface area (Å²) in [7, 11) is 0. The maximum atomic E-state index is 4.75. The molecule has 1 heterocycles. The second-order valence-electron chi connectivity index (χ2n) is 6.85. The van der Waals surface area contributed by atoms with Gasteiger partial charge in [0.2, 0.25) is 0 Å². The Balaban J connectivity index is 1.92. The number of nitrogens with zero attached hydrogens (tertiary/aromatic N) is 1. The predicted octanol–water partition coefficient (Wildman–Crippen LogP) is 4.25. The van der Waals surface area contributed by atoms with Gasteiger partial charge in [-0.2, -0.15) is 0 Å². The monoisotopic (exact) mass is 266 g/mol. The van der Waals surface area contributed by atoms with Crippen LogP contribution in [-0.4, -0.2) is 10.5 Å². The summed E-state index contributed by atoms with van der Waals surface area (Å²) in [5, 5.41) is 7.16. The van der Waals surface area contributed by atoms with Gasteiger partial charge in [0.1, 0.15) is 5.01 Å². The molecule has 2 nitrogen and oxygen atoms in total. The molecule has 0 bridgehead atoms. The summed E-state index contributed by atoms with van der Waals surface area (Å²) < 4.78 is 0. The number of nitrogens with one attached hydrogen (secondary N) is 1. The summed E-state index contributed by atoms with van der Waals surface area (Å²) in [6.07, 6.45) is 6.76. The molecule has 0 saturated heterocycles. The Hall–Kier alpha value is -0.410. The zero-order valence-electron chi connectivity index (χ0n) is 12.2. The van der Waals surface area contributed by atoms with Crippen molar-refractivity contribution in [3.05, 3.63) is 16.1 Å². The fraction of sp³-hybridized carbons (Fsp3) is 0.800. The van der Waals surface area contributed by atoms with Gasteiger partial charge in [0, 0.05) is 22.9 Å². The Bertz CT molecular complexity index is 383. The van der Waals surface area contributed by atoms with Crippen LogP contribution in [0.5, 0.6) is 0 Å². The normalized spacial score (nSPS) is 20.0. The quantitative estimate of drug-likeness (QED) is 0.884. The maximum Gasteiger partial charge on any atom is 0.107 e. The van der Waals surface area contributed by atoms with Crippen molar-refractivity contribution >= 4 is 11.3 Å². The Labute approximate surface area is 115 Å². The minimum Gasteiger partial charge on any atom is -0.305 e. The van der Waals surface area contributed by atoms with Crippen LogP contribution in [0.15, 0.2) is 5.38 Å². The highest BCUT2D eigenvalue weighted by atomic mass is 32.1. The highest BCUT2D eigenvalue weighted by Gasteiger charge is 2.26. The van der Waals surface area contributed by atoms with Gasteiger partial charge in [-0.15, -0.1) is 11.3 Å². The maximum absolute atomic E-state index is 4.75. The van der Waals surface area contributed by atoms with E-state index in [1.165, 1.54) is 42.8 Å². The molecule has 0 radical (unpaired) electrons. The molecule has 2 rings (SSSR count). The van der Waals surface area contributed by atoms with Crippen LogP contribution in [0, 0.1) is 0 Å². The molecule has 0 atom stereocenters. The molecule has 1 aromatic rings. The van der Waals surface area contributed by atoms with Gasteiger partial charge in [-0.05, 0) is 19.8 Å². The molecule has 18 heavy (non-hydrogen) atoms. The minimum absolute atomic E-state index is 0.170. The number of hydrogen-bond donors (Lipinski definition) is 1. The van der Waals surface area contributed by atoms with E-state index < -0.39 is 0 Å². The smallest absolute Gasteiger partial charge is 0.107 e. The van der Waals surface area contributed by atoms with Crippen LogP contribution in [0.3, 0.4) is 0 Å². The highest BCUT2D eigenvalue weighted by molar-refractivity contribution is 7.09. The topological polar surface area (TPSA) is 24.9 Å². The molecule has 1 fully saturated rings. The number of rotatable bonds is 3. The van der Waals surface area contributed by atoms with E-state index in [1.807, 2.05) is 0 Å². The fourth-order valence-electron chi connectivity index (χ4n) is 2.53. The number of thiazole rings is 1. The standard InChI is InChI=1S/C15H26N2S/c1-14(2,3)12-11-18-13(17-12)10-16-15(4)8-6-5-7-9-15/h11,16H,5-10H2,1-4H3. The summed E-state index contributed by atoms with van der Waals surface area (Å²) in [4.78, 5) is 4.75. The first kappa shape index (κ1) is 14.0. The average molecular weight is 266 g/mol. The lowest BCUT2D eigenvalue weighted by atomic mass is 9.83. The molecular weight excluding hydrogens is 240 g/mol. The lowest BCUT2D eigenvalue weighted by Gasteiger charge is -2.34. The van der Waals surface area contributed by atoms with Crippen molar-refractivity contribution in [2.24, 2.45) is 0 Å². The Morgan fingerprint density at radius 2 is 1.94 bits per heavy atom. The van der Waals surface area contributed by atoms with E-state index in [-0.39, 0.29) is 5.41 Å². The van der Waals surface area contributed by atoms with Gasteiger partial charge < -0.3 is 5.32 Å². The lowest BCUT2D eigenvalue weighted by molar-refractivity contribution is 0.252. The molecule has 1 aromatic heterocycles. The van der Waals surface area contributed by atoms with Gasteiger partial charge in [-0.25, -0.2) is 4.98 Å². The third kappa shape index (κ3) is 3.55. The van der Waals surface area contributed by atoms with Gasteiger partial charge in [0.15, 0.2) is 0 Å². The van der Waals surface area contributed by atoms with E-state index >= 15 is 0 Å². The van der Waals surface area contributed by atoms with Gasteiger partial charge in [0.25, 0.3) is 0 Å². The summed E-state index contributed by atoms with van der Waals surface area (Å²) in [6, 6.07) is 0. The zero-order chi connectivity index (χ0) is 13.2. The molecule has 102 valence electrons. The van der Waals surface area contributed by atoms with Gasteiger partial charge in [-0.1, -0.05) is 40.0 Å². The van der Waals surface area contributed by atoms with Crippen LogP contribution >= 0.6 is 11.3 Å². The molecule has 0 unspecified atom stereocenters. The van der Waals surface area contributed by atoms with Gasteiger partial charge in [0.05, 0.1) is 5.69 Å². The molecule has 3 heteroatoms. The van der Waals surface area contributed by atoms with E-state index in [0.717, 1.165) is 6.54 Å². The number of aromatic nitrogens is 1. The summed E-state index contributed by atoms with van der Waals surface area (Å²) in [6.45, 7) is 9.97. The van der Waals surface area contributed by atoms with E-state index in [0.29, 0.717) is 5.54 Å². The minimum atomic E-state index is 0.170. The van der Waals surface area contributed by atoms with Crippen LogP contribution < -0.4 is 5.32 Å². The lowest BCUT2D eigenvalue weighted by Crippen LogP contribution is -2.43. The largest absolute Gasteiger partial charge is 0.305 e. The van der Waals surface area contributed by atoms with Crippen LogP contribution in [-0.2, 0) is 12.0 Å². The Kier molecular flexibility index (Phi) is 4.12. The first-order valence-electron chi connectivity index (χ1n) is 7.09. The van der Waals surface area contributed by atoms with Crippen LogP contribution in [0.2, 0.25) is 0 Å². The number of hydrogen-bond acceptors (Lipinski definition) is 3. The molecule has 0 amide bonds. The summed E-state index contributed by atoms with van der Waals surface area (Å²) in [5.41, 5.74) is 1.73. The molecule has 1 aliphatic rings. The average Bonchev–Trinajstić information content (AvgIpc) is 2.76. The van der Waals surface area contributed by atoms with Gasteiger partial charge >= 0.3 is 0 Å². The van der Waals surface area contributed by atoms with Crippen LogP contribution in [0.25, 0.3) is 0 Å². The van der Waals surface area contributed by atoms with Gasteiger partial charge in [-0.3, -0.25) is 0 Å². The predicted molar refractivity (Wildman–Crippen MR) is 79.1 cm³/mol. The molecule has 0 aromatic carbocycles. The van der Waals surface area contributed by atoms with Crippen molar-refractivity contribution in [2.75, 3.05) is 0 Å². The molecule has 1 aliphatic carbocycles. The second-order valence-corrected chi connectivity index (χ2v) is 7.79. The summed E-state index contributed by atoms with van der Waals surface area (Å²) >= 11 is 1.79. The Morgan fingerprint density at radius 3 is 2.50 bits per heavy atom. The van der Waals surface area contributed by atoms with Crippen molar-refractivity contribution in [2.45, 2.75) is 77.3 Å². The molecule has 1 N–H and O–H groups in total. The fourth-order valence-corrected chi connectivity index (χ4v) is 3.49. The molecule has 0 aliphatic heterocycles. The third-order valence-corrected chi connectivity index (χ3v) is 4.79. The molecule has 1 saturated carbocycles. The SMILES string of the molecule is CC1(NCc2nc(C(C)(C)C)cs2)CCCCC1. The second kappa shape index (κ2) is 5.30.